The summed E-state index contributed by atoms with van der Waals surface area (Å²) in [7, 11) is 0. The van der Waals surface area contributed by atoms with Crippen LogP contribution in [0, 0.1) is 0 Å². The van der Waals surface area contributed by atoms with E-state index in [9.17, 15) is 0 Å². The minimum absolute atomic E-state index is 0.0109. The average molecular weight is 636 g/mol. The van der Waals surface area contributed by atoms with Gasteiger partial charge in [-0.05, 0) is 94.0 Å². The van der Waals surface area contributed by atoms with Gasteiger partial charge in [0.2, 0.25) is 0 Å². The molecule has 0 saturated heterocycles. The van der Waals surface area contributed by atoms with Gasteiger partial charge in [-0.3, -0.25) is 0 Å². The SMILES string of the molecule is c1ccc(N2B3c4ccccc4-n4c5cc6ccccc6cc5c5c(N(c6ccccc6)c6ccccc6)cc(c3c54)-c3ccccc32)cc1. The third-order valence-corrected chi connectivity index (χ3v) is 10.7. The van der Waals surface area contributed by atoms with E-state index in [1.54, 1.807) is 0 Å². The predicted octanol–water partition coefficient (Wildman–Crippen LogP) is 10.6. The molecule has 0 radical (unpaired) electrons. The lowest BCUT2D eigenvalue weighted by Crippen LogP contribution is -2.60. The molecule has 8 aromatic carbocycles. The van der Waals surface area contributed by atoms with E-state index in [0.29, 0.717) is 0 Å². The van der Waals surface area contributed by atoms with E-state index >= 15 is 0 Å². The Kier molecular flexibility index (Phi) is 5.76. The van der Waals surface area contributed by atoms with Crippen LogP contribution in [0.4, 0.5) is 28.4 Å². The number of fused-ring (bicyclic) bond motifs is 9. The Morgan fingerprint density at radius 3 is 1.78 bits per heavy atom. The largest absolute Gasteiger partial charge is 0.376 e. The Morgan fingerprint density at radius 1 is 0.480 bits per heavy atom. The molecule has 0 spiro atoms. The average Bonchev–Trinajstić information content (AvgIpc) is 3.52. The number of nitrogens with zero attached hydrogens (tertiary/aromatic N) is 3. The van der Waals surface area contributed by atoms with Gasteiger partial charge in [0.15, 0.2) is 0 Å². The van der Waals surface area contributed by atoms with Crippen molar-refractivity contribution in [3.63, 3.8) is 0 Å². The van der Waals surface area contributed by atoms with Crippen LogP contribution in [0.5, 0.6) is 0 Å². The van der Waals surface area contributed by atoms with Gasteiger partial charge in [0, 0.05) is 44.8 Å². The molecule has 9 aromatic rings. The molecule has 4 heteroatoms. The fraction of sp³-hybridized carbons (Fsp3) is 0. The summed E-state index contributed by atoms with van der Waals surface area (Å²) in [4.78, 5) is 5.02. The van der Waals surface area contributed by atoms with Crippen LogP contribution < -0.4 is 20.6 Å². The van der Waals surface area contributed by atoms with Gasteiger partial charge in [0.1, 0.15) is 0 Å². The standard InChI is InChI=1S/C46H30BN3/c1-4-18-33(19-5-1)48(34-20-6-2-7-21-34)43-30-37-36-24-12-14-26-40(36)50(35-22-8-3-9-23-35)47-39-25-13-15-27-41(39)49-42-29-32-17-11-10-16-31(32)28-38(42)44(43)46(49)45(37)47/h1-30H. The van der Waals surface area contributed by atoms with Crippen LogP contribution in [0.1, 0.15) is 0 Å². The van der Waals surface area contributed by atoms with Gasteiger partial charge in [-0.1, -0.05) is 115 Å². The van der Waals surface area contributed by atoms with Gasteiger partial charge in [0.05, 0.1) is 16.7 Å². The lowest BCUT2D eigenvalue weighted by Gasteiger charge is -2.42. The maximum absolute atomic E-state index is 2.57. The molecule has 1 aromatic heterocycles. The Balaban J connectivity index is 1.38. The van der Waals surface area contributed by atoms with E-state index in [1.807, 2.05) is 0 Å². The summed E-state index contributed by atoms with van der Waals surface area (Å²) in [5.41, 5.74) is 14.8. The van der Waals surface area contributed by atoms with Crippen molar-refractivity contribution in [2.24, 2.45) is 0 Å². The Labute approximate surface area is 291 Å². The molecular weight excluding hydrogens is 605 g/mol. The molecule has 0 fully saturated rings. The van der Waals surface area contributed by atoms with E-state index in [4.69, 9.17) is 0 Å². The van der Waals surface area contributed by atoms with Gasteiger partial charge in [-0.25, -0.2) is 0 Å². The first kappa shape index (κ1) is 27.4. The zero-order valence-electron chi connectivity index (χ0n) is 27.2. The van der Waals surface area contributed by atoms with Crippen molar-refractivity contribution in [2.75, 3.05) is 9.71 Å². The first-order chi connectivity index (χ1) is 24.8. The van der Waals surface area contributed by atoms with Crippen molar-refractivity contribution in [1.82, 2.24) is 4.57 Å². The zero-order chi connectivity index (χ0) is 32.8. The van der Waals surface area contributed by atoms with Crippen LogP contribution in [-0.2, 0) is 0 Å². The molecule has 50 heavy (non-hydrogen) atoms. The van der Waals surface area contributed by atoms with Crippen LogP contribution in [-0.4, -0.2) is 11.4 Å². The topological polar surface area (TPSA) is 11.4 Å². The fourth-order valence-electron chi connectivity index (χ4n) is 8.68. The molecule has 3 heterocycles. The third kappa shape index (κ3) is 3.76. The molecule has 2 aliphatic rings. The molecule has 0 amide bonds. The van der Waals surface area contributed by atoms with Gasteiger partial charge in [-0.2, -0.15) is 0 Å². The molecule has 0 atom stereocenters. The first-order valence-corrected chi connectivity index (χ1v) is 17.3. The van der Waals surface area contributed by atoms with Crippen molar-refractivity contribution in [1.29, 1.82) is 0 Å². The Hall–Kier alpha value is -6.52. The summed E-state index contributed by atoms with van der Waals surface area (Å²) < 4.78 is 2.57. The van der Waals surface area contributed by atoms with Gasteiger partial charge < -0.3 is 14.3 Å². The van der Waals surface area contributed by atoms with Crippen LogP contribution in [0.15, 0.2) is 182 Å². The summed E-state index contributed by atoms with van der Waals surface area (Å²) in [6.45, 7) is -0.0109. The highest BCUT2D eigenvalue weighted by Gasteiger charge is 2.44. The minimum Gasteiger partial charge on any atom is -0.376 e. The van der Waals surface area contributed by atoms with E-state index in [-0.39, 0.29) is 6.85 Å². The molecule has 0 unspecified atom stereocenters. The maximum atomic E-state index is 2.57. The molecule has 0 aliphatic carbocycles. The predicted molar refractivity (Wildman–Crippen MR) is 212 cm³/mol. The molecule has 3 nitrogen and oxygen atoms in total. The van der Waals surface area contributed by atoms with Crippen molar-refractivity contribution >= 4 is 78.8 Å². The molecular formula is C46H30BN3. The van der Waals surface area contributed by atoms with Gasteiger partial charge in [-0.15, -0.1) is 0 Å². The van der Waals surface area contributed by atoms with Crippen molar-refractivity contribution in [2.45, 2.75) is 0 Å². The lowest BCUT2D eigenvalue weighted by atomic mass is 9.44. The highest BCUT2D eigenvalue weighted by atomic mass is 15.2. The van der Waals surface area contributed by atoms with Crippen molar-refractivity contribution in [3.05, 3.63) is 182 Å². The van der Waals surface area contributed by atoms with Crippen LogP contribution in [0.25, 0.3) is 49.4 Å². The lowest BCUT2D eigenvalue weighted by molar-refractivity contribution is 1.18. The number of rotatable bonds is 4. The third-order valence-electron chi connectivity index (χ3n) is 10.7. The Morgan fingerprint density at radius 2 is 1.06 bits per heavy atom. The van der Waals surface area contributed by atoms with Gasteiger partial charge >= 0.3 is 6.85 Å². The minimum atomic E-state index is -0.0109. The second kappa shape index (κ2) is 10.5. The summed E-state index contributed by atoms with van der Waals surface area (Å²) in [6, 6.07) is 66.6. The fourth-order valence-corrected chi connectivity index (χ4v) is 8.68. The molecule has 2 aliphatic heterocycles. The number of para-hydroxylation sites is 5. The first-order valence-electron chi connectivity index (χ1n) is 17.3. The number of hydrogen-bond acceptors (Lipinski definition) is 2. The summed E-state index contributed by atoms with van der Waals surface area (Å²) in [5, 5.41) is 5.01. The zero-order valence-corrected chi connectivity index (χ0v) is 27.2. The van der Waals surface area contributed by atoms with E-state index in [0.717, 1.165) is 11.4 Å². The molecule has 0 N–H and O–H groups in total. The van der Waals surface area contributed by atoms with Crippen LogP contribution >= 0.6 is 0 Å². The molecule has 11 rings (SSSR count). The van der Waals surface area contributed by atoms with Crippen LogP contribution in [0.2, 0.25) is 0 Å². The summed E-state index contributed by atoms with van der Waals surface area (Å²) >= 11 is 0. The monoisotopic (exact) mass is 635 g/mol. The molecule has 0 saturated carbocycles. The van der Waals surface area contributed by atoms with E-state index in [2.05, 4.69) is 196 Å². The maximum Gasteiger partial charge on any atom is 0.333 e. The highest BCUT2D eigenvalue weighted by molar-refractivity contribution is 6.93. The van der Waals surface area contributed by atoms with Crippen molar-refractivity contribution in [3.8, 4) is 16.8 Å². The van der Waals surface area contributed by atoms with Crippen molar-refractivity contribution < 1.29 is 0 Å². The second-order valence-electron chi connectivity index (χ2n) is 13.3. The quantitative estimate of drug-likeness (QED) is 0.178. The number of aromatic nitrogens is 1. The molecule has 0 bridgehead atoms. The molecule has 232 valence electrons. The Bertz CT molecular complexity index is 2730. The summed E-state index contributed by atoms with van der Waals surface area (Å²) in [6.07, 6.45) is 0. The van der Waals surface area contributed by atoms with E-state index < -0.39 is 0 Å². The normalized spacial score (nSPS) is 12.7. The number of hydrogen-bond donors (Lipinski definition) is 0. The van der Waals surface area contributed by atoms with Crippen LogP contribution in [0.3, 0.4) is 0 Å². The van der Waals surface area contributed by atoms with Gasteiger partial charge in [0.25, 0.3) is 0 Å². The number of benzene rings is 8. The smallest absolute Gasteiger partial charge is 0.333 e. The number of anilines is 5. The second-order valence-corrected chi connectivity index (χ2v) is 13.3. The highest BCUT2D eigenvalue weighted by Crippen LogP contribution is 2.50. The summed E-state index contributed by atoms with van der Waals surface area (Å²) in [5.74, 6) is 0. The van der Waals surface area contributed by atoms with E-state index in [1.165, 1.54) is 77.4 Å².